The summed E-state index contributed by atoms with van der Waals surface area (Å²) in [5.74, 6) is 0.250. The number of sulfonamides is 1. The highest BCUT2D eigenvalue weighted by atomic mass is 32.2. The zero-order valence-electron chi connectivity index (χ0n) is 19.7. The summed E-state index contributed by atoms with van der Waals surface area (Å²) in [5.41, 5.74) is 2.92. The summed E-state index contributed by atoms with van der Waals surface area (Å²) < 4.78 is 32.0. The number of carbonyl (C=O) groups excluding carboxylic acids is 1. The van der Waals surface area contributed by atoms with Gasteiger partial charge in [0.05, 0.1) is 28.4 Å². The standard InChI is InChI=1S/C25H24N4O4S2/c1-17-5-7-18(8-6-17)16-26-29(25-27-22-14-11-20(33-4)15-23(22)34-25)24(30)19-9-12-21(13-10-19)35(31,32)28(2)3/h5-16H,1-4H3/b26-16+. The lowest BCUT2D eigenvalue weighted by Crippen LogP contribution is -2.26. The third-order valence-electron chi connectivity index (χ3n) is 5.24. The molecule has 0 aliphatic carbocycles. The summed E-state index contributed by atoms with van der Waals surface area (Å²) in [7, 11) is 0.892. The van der Waals surface area contributed by atoms with Crippen LogP contribution in [0.3, 0.4) is 0 Å². The van der Waals surface area contributed by atoms with Crippen molar-refractivity contribution in [3.8, 4) is 5.75 Å². The van der Waals surface area contributed by atoms with Crippen molar-refractivity contribution in [2.75, 3.05) is 26.2 Å². The number of anilines is 1. The van der Waals surface area contributed by atoms with Crippen LogP contribution in [0.25, 0.3) is 10.2 Å². The Balaban J connectivity index is 1.73. The Bertz CT molecular complexity index is 1490. The summed E-state index contributed by atoms with van der Waals surface area (Å²) in [5, 5.41) is 6.07. The van der Waals surface area contributed by atoms with Gasteiger partial charge in [-0.15, -0.1) is 0 Å². The van der Waals surface area contributed by atoms with E-state index in [2.05, 4.69) is 10.1 Å². The molecule has 0 unspecified atom stereocenters. The molecule has 0 bridgehead atoms. The second-order valence-electron chi connectivity index (χ2n) is 7.91. The zero-order chi connectivity index (χ0) is 25.2. The van der Waals surface area contributed by atoms with Crippen LogP contribution in [0.5, 0.6) is 5.75 Å². The van der Waals surface area contributed by atoms with E-state index in [1.165, 1.54) is 54.7 Å². The molecule has 35 heavy (non-hydrogen) atoms. The number of methoxy groups -OCH3 is 1. The number of rotatable bonds is 7. The molecule has 1 amide bonds. The number of aryl methyl sites for hydroxylation is 1. The molecule has 0 N–H and O–H groups in total. The van der Waals surface area contributed by atoms with Crippen LogP contribution in [-0.4, -0.2) is 51.0 Å². The van der Waals surface area contributed by atoms with Crippen LogP contribution in [0.2, 0.25) is 0 Å². The topological polar surface area (TPSA) is 92.2 Å². The Morgan fingerprint density at radius 1 is 1.03 bits per heavy atom. The molecule has 0 saturated heterocycles. The second kappa shape index (κ2) is 9.95. The van der Waals surface area contributed by atoms with Crippen LogP contribution in [0.15, 0.2) is 76.7 Å². The van der Waals surface area contributed by atoms with Gasteiger partial charge < -0.3 is 4.74 Å². The lowest BCUT2D eigenvalue weighted by molar-refractivity contribution is 0.0987. The average molecular weight is 509 g/mol. The average Bonchev–Trinajstić information content (AvgIpc) is 3.28. The van der Waals surface area contributed by atoms with Gasteiger partial charge in [-0.2, -0.15) is 10.1 Å². The van der Waals surface area contributed by atoms with Crippen LogP contribution in [-0.2, 0) is 10.0 Å². The largest absolute Gasteiger partial charge is 0.497 e. The van der Waals surface area contributed by atoms with E-state index in [1.54, 1.807) is 19.4 Å². The SMILES string of the molecule is COc1ccc2nc(N(/N=C/c3ccc(C)cc3)C(=O)c3ccc(S(=O)(=O)N(C)C)cc3)sc2c1. The molecular formula is C25H24N4O4S2. The summed E-state index contributed by atoms with van der Waals surface area (Å²) in [6.45, 7) is 1.99. The Kier molecular flexibility index (Phi) is 6.97. The molecule has 0 atom stereocenters. The fourth-order valence-electron chi connectivity index (χ4n) is 3.18. The number of aromatic nitrogens is 1. The molecule has 3 aromatic carbocycles. The summed E-state index contributed by atoms with van der Waals surface area (Å²) >= 11 is 1.30. The Morgan fingerprint density at radius 3 is 2.34 bits per heavy atom. The molecule has 0 radical (unpaired) electrons. The summed E-state index contributed by atoms with van der Waals surface area (Å²) in [4.78, 5) is 18.2. The first-order valence-electron chi connectivity index (χ1n) is 10.6. The van der Waals surface area contributed by atoms with Gasteiger partial charge in [0.2, 0.25) is 15.2 Å². The number of fused-ring (bicyclic) bond motifs is 1. The number of benzene rings is 3. The van der Waals surface area contributed by atoms with E-state index in [0.29, 0.717) is 16.4 Å². The smallest absolute Gasteiger partial charge is 0.280 e. The maximum atomic E-state index is 13.5. The number of thiazole rings is 1. The number of amides is 1. The van der Waals surface area contributed by atoms with Crippen LogP contribution in [0, 0.1) is 6.92 Å². The van der Waals surface area contributed by atoms with Crippen molar-refractivity contribution in [2.24, 2.45) is 5.10 Å². The normalized spacial score (nSPS) is 11.9. The third kappa shape index (κ3) is 5.24. The van der Waals surface area contributed by atoms with Gasteiger partial charge in [0, 0.05) is 19.7 Å². The van der Waals surface area contributed by atoms with Gasteiger partial charge in [-0.05, 0) is 55.0 Å². The van der Waals surface area contributed by atoms with Crippen molar-refractivity contribution in [3.63, 3.8) is 0 Å². The van der Waals surface area contributed by atoms with Crippen molar-refractivity contribution < 1.29 is 17.9 Å². The van der Waals surface area contributed by atoms with E-state index in [0.717, 1.165) is 20.1 Å². The van der Waals surface area contributed by atoms with Crippen molar-refractivity contribution in [1.82, 2.24) is 9.29 Å². The van der Waals surface area contributed by atoms with Crippen LogP contribution in [0.4, 0.5) is 5.13 Å². The van der Waals surface area contributed by atoms with E-state index in [-0.39, 0.29) is 10.5 Å². The first-order chi connectivity index (χ1) is 16.7. The zero-order valence-corrected chi connectivity index (χ0v) is 21.3. The monoisotopic (exact) mass is 508 g/mol. The first kappa shape index (κ1) is 24.5. The van der Waals surface area contributed by atoms with E-state index in [1.807, 2.05) is 43.3 Å². The van der Waals surface area contributed by atoms with Gasteiger partial charge in [-0.3, -0.25) is 4.79 Å². The molecule has 4 rings (SSSR count). The van der Waals surface area contributed by atoms with E-state index in [9.17, 15) is 13.2 Å². The predicted molar refractivity (Wildman–Crippen MR) is 139 cm³/mol. The predicted octanol–water partition coefficient (Wildman–Crippen LogP) is 4.54. The summed E-state index contributed by atoms with van der Waals surface area (Å²) in [6, 6.07) is 19.0. The third-order valence-corrected chi connectivity index (χ3v) is 8.06. The second-order valence-corrected chi connectivity index (χ2v) is 11.1. The van der Waals surface area contributed by atoms with Gasteiger partial charge in [-0.1, -0.05) is 41.2 Å². The van der Waals surface area contributed by atoms with Crippen LogP contribution >= 0.6 is 11.3 Å². The molecule has 4 aromatic rings. The fourth-order valence-corrected chi connectivity index (χ4v) is 5.03. The van der Waals surface area contributed by atoms with Crippen molar-refractivity contribution in [3.05, 3.63) is 83.4 Å². The minimum Gasteiger partial charge on any atom is -0.497 e. The molecule has 1 heterocycles. The quantitative estimate of drug-likeness (QED) is 0.270. The molecular weight excluding hydrogens is 484 g/mol. The van der Waals surface area contributed by atoms with Gasteiger partial charge in [0.1, 0.15) is 5.75 Å². The van der Waals surface area contributed by atoms with E-state index >= 15 is 0 Å². The molecule has 0 saturated carbocycles. The minimum absolute atomic E-state index is 0.0980. The molecule has 0 fully saturated rings. The summed E-state index contributed by atoms with van der Waals surface area (Å²) in [6.07, 6.45) is 1.59. The Labute approximate surface area is 208 Å². The Morgan fingerprint density at radius 2 is 1.71 bits per heavy atom. The molecule has 0 aliphatic heterocycles. The molecule has 10 heteroatoms. The molecule has 0 spiro atoms. The van der Waals surface area contributed by atoms with Gasteiger partial charge in [-0.25, -0.2) is 17.7 Å². The van der Waals surface area contributed by atoms with Crippen molar-refractivity contribution >= 4 is 48.8 Å². The number of carbonyl (C=O) groups is 1. The van der Waals surface area contributed by atoms with Crippen LogP contribution < -0.4 is 9.75 Å². The van der Waals surface area contributed by atoms with Gasteiger partial charge in [0.15, 0.2) is 0 Å². The highest BCUT2D eigenvalue weighted by molar-refractivity contribution is 7.89. The van der Waals surface area contributed by atoms with Gasteiger partial charge in [0.25, 0.3) is 5.91 Å². The fraction of sp³-hybridized carbons (Fsp3) is 0.160. The number of hydrogen-bond donors (Lipinski definition) is 0. The molecule has 1 aromatic heterocycles. The Hall–Kier alpha value is -3.60. The van der Waals surface area contributed by atoms with E-state index < -0.39 is 15.9 Å². The molecule has 0 aliphatic rings. The number of hydrazone groups is 1. The lowest BCUT2D eigenvalue weighted by Gasteiger charge is -2.15. The molecule has 180 valence electrons. The molecule has 8 nitrogen and oxygen atoms in total. The number of ether oxygens (including phenoxy) is 1. The number of hydrogen-bond acceptors (Lipinski definition) is 7. The maximum absolute atomic E-state index is 13.5. The highest BCUT2D eigenvalue weighted by Crippen LogP contribution is 2.32. The van der Waals surface area contributed by atoms with Crippen molar-refractivity contribution in [1.29, 1.82) is 0 Å². The minimum atomic E-state index is -3.61. The first-order valence-corrected chi connectivity index (χ1v) is 12.9. The van der Waals surface area contributed by atoms with Crippen molar-refractivity contribution in [2.45, 2.75) is 11.8 Å². The van der Waals surface area contributed by atoms with E-state index in [4.69, 9.17) is 4.74 Å². The van der Waals surface area contributed by atoms with Crippen LogP contribution in [0.1, 0.15) is 21.5 Å². The number of nitrogens with zero attached hydrogens (tertiary/aromatic N) is 4. The lowest BCUT2D eigenvalue weighted by atomic mass is 10.2. The maximum Gasteiger partial charge on any atom is 0.280 e. The highest BCUT2D eigenvalue weighted by Gasteiger charge is 2.23. The van der Waals surface area contributed by atoms with Gasteiger partial charge >= 0.3 is 0 Å².